The topological polar surface area (TPSA) is 51.0 Å². The first-order valence-corrected chi connectivity index (χ1v) is 6.17. The maximum atomic E-state index is 5.76. The van der Waals surface area contributed by atoms with E-state index in [-0.39, 0.29) is 0 Å². The first-order chi connectivity index (χ1) is 8.38. The molecule has 0 spiro atoms. The standard InChI is InChI=1S/C12H11N3OS/c1-2-13-12-11(14-17-15-12)10-7-8-5-3-4-6-9(8)16-10/h3-7H,2H2,1H3,(H,13,15). The Morgan fingerprint density at radius 2 is 2.18 bits per heavy atom. The van der Waals surface area contributed by atoms with Crippen LogP contribution in [0.25, 0.3) is 22.4 Å². The van der Waals surface area contributed by atoms with Crippen LogP contribution in [0.5, 0.6) is 0 Å². The van der Waals surface area contributed by atoms with Crippen LogP contribution in [0, 0.1) is 0 Å². The van der Waals surface area contributed by atoms with Gasteiger partial charge in [-0.05, 0) is 19.1 Å². The van der Waals surface area contributed by atoms with Crippen LogP contribution in [0.1, 0.15) is 6.92 Å². The highest BCUT2D eigenvalue weighted by Gasteiger charge is 2.14. The molecule has 86 valence electrons. The summed E-state index contributed by atoms with van der Waals surface area (Å²) in [6.45, 7) is 2.85. The number of rotatable bonds is 3. The van der Waals surface area contributed by atoms with Gasteiger partial charge in [0.1, 0.15) is 5.58 Å². The monoisotopic (exact) mass is 245 g/mol. The van der Waals surface area contributed by atoms with Gasteiger partial charge >= 0.3 is 0 Å². The number of fused-ring (bicyclic) bond motifs is 1. The summed E-state index contributed by atoms with van der Waals surface area (Å²) in [5.41, 5.74) is 1.66. The highest BCUT2D eigenvalue weighted by molar-refractivity contribution is 6.99. The van der Waals surface area contributed by atoms with Gasteiger partial charge in [-0.3, -0.25) is 0 Å². The summed E-state index contributed by atoms with van der Waals surface area (Å²) < 4.78 is 14.3. The second-order valence-electron chi connectivity index (χ2n) is 3.64. The van der Waals surface area contributed by atoms with E-state index in [1.807, 2.05) is 37.3 Å². The maximum Gasteiger partial charge on any atom is 0.171 e. The molecule has 0 saturated heterocycles. The minimum absolute atomic E-state index is 0.760. The average molecular weight is 245 g/mol. The molecule has 2 heterocycles. The number of para-hydroxylation sites is 1. The van der Waals surface area contributed by atoms with E-state index < -0.39 is 0 Å². The third-order valence-electron chi connectivity index (χ3n) is 2.49. The van der Waals surface area contributed by atoms with Gasteiger partial charge in [-0.1, -0.05) is 18.2 Å². The molecule has 0 aliphatic heterocycles. The molecular weight excluding hydrogens is 234 g/mol. The molecule has 0 bridgehead atoms. The summed E-state index contributed by atoms with van der Waals surface area (Å²) in [7, 11) is 0. The van der Waals surface area contributed by atoms with E-state index in [0.717, 1.165) is 34.8 Å². The van der Waals surface area contributed by atoms with Crippen LogP contribution < -0.4 is 5.32 Å². The quantitative estimate of drug-likeness (QED) is 0.768. The fraction of sp³-hybridized carbons (Fsp3) is 0.167. The normalized spacial score (nSPS) is 10.9. The minimum atomic E-state index is 0.760. The molecule has 17 heavy (non-hydrogen) atoms. The Morgan fingerprint density at radius 3 is 3.00 bits per heavy atom. The van der Waals surface area contributed by atoms with E-state index in [2.05, 4.69) is 14.1 Å². The molecule has 0 atom stereocenters. The van der Waals surface area contributed by atoms with E-state index in [9.17, 15) is 0 Å². The van der Waals surface area contributed by atoms with Gasteiger partial charge in [0.2, 0.25) is 0 Å². The summed E-state index contributed by atoms with van der Waals surface area (Å²) in [6.07, 6.45) is 0. The lowest BCUT2D eigenvalue weighted by atomic mass is 10.2. The van der Waals surface area contributed by atoms with Crippen LogP contribution in [-0.4, -0.2) is 15.3 Å². The van der Waals surface area contributed by atoms with Crippen molar-refractivity contribution in [3.05, 3.63) is 30.3 Å². The predicted octanol–water partition coefficient (Wildman–Crippen LogP) is 3.38. The molecular formula is C12H11N3OS. The van der Waals surface area contributed by atoms with Gasteiger partial charge in [-0.25, -0.2) is 0 Å². The van der Waals surface area contributed by atoms with E-state index in [4.69, 9.17) is 4.42 Å². The van der Waals surface area contributed by atoms with Gasteiger partial charge in [-0.15, -0.1) is 0 Å². The molecule has 3 rings (SSSR count). The third kappa shape index (κ3) is 1.78. The lowest BCUT2D eigenvalue weighted by molar-refractivity contribution is 0.630. The fourth-order valence-electron chi connectivity index (χ4n) is 1.73. The zero-order chi connectivity index (χ0) is 11.7. The van der Waals surface area contributed by atoms with Crippen LogP contribution in [-0.2, 0) is 0 Å². The van der Waals surface area contributed by atoms with E-state index in [0.29, 0.717) is 0 Å². The Hall–Kier alpha value is -1.88. The molecule has 0 saturated carbocycles. The zero-order valence-corrected chi connectivity index (χ0v) is 10.1. The van der Waals surface area contributed by atoms with Gasteiger partial charge < -0.3 is 9.73 Å². The molecule has 0 fully saturated rings. The van der Waals surface area contributed by atoms with Crippen LogP contribution in [0.15, 0.2) is 34.7 Å². The van der Waals surface area contributed by atoms with E-state index in [1.54, 1.807) is 0 Å². The van der Waals surface area contributed by atoms with E-state index >= 15 is 0 Å². The van der Waals surface area contributed by atoms with E-state index in [1.165, 1.54) is 11.7 Å². The van der Waals surface area contributed by atoms with Gasteiger partial charge in [0, 0.05) is 11.9 Å². The number of furan rings is 1. The summed E-state index contributed by atoms with van der Waals surface area (Å²) >= 11 is 1.19. The van der Waals surface area contributed by atoms with Crippen molar-refractivity contribution in [2.75, 3.05) is 11.9 Å². The molecule has 1 aromatic carbocycles. The second-order valence-corrected chi connectivity index (χ2v) is 4.17. The third-order valence-corrected chi connectivity index (χ3v) is 3.02. The highest BCUT2D eigenvalue weighted by atomic mass is 32.1. The Labute approximate surface area is 103 Å². The SMILES string of the molecule is CCNc1nsnc1-c1cc2ccccc2o1. The molecule has 4 nitrogen and oxygen atoms in total. The Morgan fingerprint density at radius 1 is 1.29 bits per heavy atom. The van der Waals surface area contributed by atoms with Crippen molar-refractivity contribution in [3.63, 3.8) is 0 Å². The highest BCUT2D eigenvalue weighted by Crippen LogP contribution is 2.31. The van der Waals surface area contributed by atoms with Crippen LogP contribution in [0.4, 0.5) is 5.82 Å². The minimum Gasteiger partial charge on any atom is -0.454 e. The van der Waals surface area contributed by atoms with Crippen molar-refractivity contribution in [2.45, 2.75) is 6.92 Å². The number of nitrogens with one attached hydrogen (secondary N) is 1. The first kappa shape index (κ1) is 10.3. The number of benzene rings is 1. The van der Waals surface area contributed by atoms with Crippen LogP contribution >= 0.6 is 11.7 Å². The van der Waals surface area contributed by atoms with Crippen molar-refractivity contribution in [1.29, 1.82) is 0 Å². The van der Waals surface area contributed by atoms with Gasteiger partial charge in [-0.2, -0.15) is 8.75 Å². The average Bonchev–Trinajstić information content (AvgIpc) is 2.94. The first-order valence-electron chi connectivity index (χ1n) is 5.44. The van der Waals surface area contributed by atoms with Crippen molar-refractivity contribution in [3.8, 4) is 11.5 Å². The van der Waals surface area contributed by atoms with Crippen LogP contribution in [0.3, 0.4) is 0 Å². The molecule has 5 heteroatoms. The molecule has 3 aromatic rings. The molecule has 0 amide bonds. The predicted molar refractivity (Wildman–Crippen MR) is 69.3 cm³/mol. The molecule has 2 aromatic heterocycles. The van der Waals surface area contributed by atoms with Gasteiger partial charge in [0.25, 0.3) is 0 Å². The molecule has 0 unspecified atom stereocenters. The Balaban J connectivity index is 2.10. The largest absolute Gasteiger partial charge is 0.454 e. The lowest BCUT2D eigenvalue weighted by Crippen LogP contribution is -1.97. The molecule has 0 aliphatic carbocycles. The zero-order valence-electron chi connectivity index (χ0n) is 9.30. The number of nitrogens with zero attached hydrogens (tertiary/aromatic N) is 2. The van der Waals surface area contributed by atoms with Gasteiger partial charge in [0.15, 0.2) is 17.3 Å². The van der Waals surface area contributed by atoms with Crippen LogP contribution in [0.2, 0.25) is 0 Å². The number of anilines is 1. The second kappa shape index (κ2) is 4.18. The summed E-state index contributed by atoms with van der Waals surface area (Å²) in [5, 5.41) is 4.26. The molecule has 0 aliphatic rings. The number of aromatic nitrogens is 2. The van der Waals surface area contributed by atoms with Crippen molar-refractivity contribution < 1.29 is 4.42 Å². The van der Waals surface area contributed by atoms with Crippen molar-refractivity contribution in [1.82, 2.24) is 8.75 Å². The summed E-state index contributed by atoms with van der Waals surface area (Å²) in [4.78, 5) is 0. The fourth-order valence-corrected chi connectivity index (χ4v) is 2.26. The number of hydrogen-bond acceptors (Lipinski definition) is 5. The molecule has 1 N–H and O–H groups in total. The summed E-state index contributed by atoms with van der Waals surface area (Å²) in [5.74, 6) is 1.55. The number of hydrogen-bond donors (Lipinski definition) is 1. The van der Waals surface area contributed by atoms with Crippen molar-refractivity contribution in [2.24, 2.45) is 0 Å². The van der Waals surface area contributed by atoms with Crippen molar-refractivity contribution >= 4 is 28.5 Å². The Bertz CT molecular complexity index is 611. The molecule has 0 radical (unpaired) electrons. The lowest BCUT2D eigenvalue weighted by Gasteiger charge is -1.98. The summed E-state index contributed by atoms with van der Waals surface area (Å²) in [6, 6.07) is 9.92. The maximum absolute atomic E-state index is 5.76. The Kier molecular flexibility index (Phi) is 2.53. The smallest absolute Gasteiger partial charge is 0.171 e. The van der Waals surface area contributed by atoms with Gasteiger partial charge in [0.05, 0.1) is 11.7 Å².